The fraction of sp³-hybridized carbons (Fsp3) is 0.0667. The van der Waals surface area contributed by atoms with Crippen molar-refractivity contribution < 1.29 is 0 Å². The molecule has 0 aliphatic rings. The number of aryl methyl sites for hydroxylation is 1. The van der Waals surface area contributed by atoms with E-state index in [-0.39, 0.29) is 0 Å². The molecule has 0 N–H and O–H groups in total. The third-order valence-electron chi connectivity index (χ3n) is 2.91. The summed E-state index contributed by atoms with van der Waals surface area (Å²) in [5.74, 6) is 0.592. The van der Waals surface area contributed by atoms with Crippen LogP contribution in [0.25, 0.3) is 22.3 Å². The monoisotopic (exact) mass is 414 g/mol. The summed E-state index contributed by atoms with van der Waals surface area (Å²) in [4.78, 5) is 8.96. The maximum Gasteiger partial charge on any atom is 0.161 e. The average Bonchev–Trinajstić information content (AvgIpc) is 2.38. The van der Waals surface area contributed by atoms with Crippen molar-refractivity contribution in [1.82, 2.24) is 9.97 Å². The van der Waals surface area contributed by atoms with E-state index in [0.717, 1.165) is 25.6 Å². The average molecular weight is 415 g/mol. The van der Waals surface area contributed by atoms with Gasteiger partial charge in [-0.15, -0.1) is 0 Å². The number of fused-ring (bicyclic) bond motifs is 1. The maximum absolute atomic E-state index is 6.28. The molecule has 0 unspecified atom stereocenters. The van der Waals surface area contributed by atoms with Crippen molar-refractivity contribution in [3.8, 4) is 11.4 Å². The quantitative estimate of drug-likeness (QED) is 0.387. The van der Waals surface area contributed by atoms with Crippen LogP contribution in [-0.4, -0.2) is 9.97 Å². The van der Waals surface area contributed by atoms with Gasteiger partial charge in [-0.2, -0.15) is 0 Å². The first kappa shape index (κ1) is 14.0. The Kier molecular flexibility index (Phi) is 3.84. The fourth-order valence-corrected chi connectivity index (χ4v) is 3.07. The van der Waals surface area contributed by atoms with Gasteiger partial charge in [-0.1, -0.05) is 23.2 Å². The molecule has 0 amide bonds. The second-order valence-corrected chi connectivity index (χ2v) is 6.56. The van der Waals surface area contributed by atoms with Crippen LogP contribution in [0.1, 0.15) is 5.56 Å². The van der Waals surface area contributed by atoms with Crippen LogP contribution >= 0.6 is 45.8 Å². The second kappa shape index (κ2) is 5.47. The Morgan fingerprint density at radius 3 is 2.55 bits per heavy atom. The molecule has 2 aromatic carbocycles. The Labute approximate surface area is 140 Å². The third kappa shape index (κ3) is 2.75. The molecule has 5 heteroatoms. The Balaban J connectivity index is 2.24. The van der Waals surface area contributed by atoms with E-state index in [1.165, 1.54) is 0 Å². The highest BCUT2D eigenvalue weighted by Gasteiger charge is 2.09. The zero-order valence-corrected chi connectivity index (χ0v) is 14.2. The molecule has 1 aromatic heterocycles. The minimum absolute atomic E-state index is 0.459. The van der Waals surface area contributed by atoms with Gasteiger partial charge in [0.1, 0.15) is 5.15 Å². The summed E-state index contributed by atoms with van der Waals surface area (Å²) in [5.41, 5.74) is 2.77. The highest BCUT2D eigenvalue weighted by atomic mass is 127. The lowest BCUT2D eigenvalue weighted by atomic mass is 10.1. The largest absolute Gasteiger partial charge is 0.228 e. The van der Waals surface area contributed by atoms with Crippen LogP contribution < -0.4 is 0 Å². The highest BCUT2D eigenvalue weighted by Crippen LogP contribution is 2.28. The lowest BCUT2D eigenvalue weighted by Crippen LogP contribution is -1.93. The molecule has 3 rings (SSSR count). The molecule has 0 saturated heterocycles. The van der Waals surface area contributed by atoms with E-state index in [1.54, 1.807) is 0 Å². The van der Waals surface area contributed by atoms with Crippen LogP contribution in [0.2, 0.25) is 10.2 Å². The first-order valence-electron chi connectivity index (χ1n) is 5.93. The molecule has 0 aliphatic carbocycles. The van der Waals surface area contributed by atoms with Crippen molar-refractivity contribution >= 4 is 56.7 Å². The van der Waals surface area contributed by atoms with Crippen molar-refractivity contribution in [3.63, 3.8) is 0 Å². The van der Waals surface area contributed by atoms with Gasteiger partial charge in [0.15, 0.2) is 5.82 Å². The van der Waals surface area contributed by atoms with Crippen LogP contribution in [0.4, 0.5) is 0 Å². The number of hydrogen-bond donors (Lipinski definition) is 0. The van der Waals surface area contributed by atoms with Crippen LogP contribution in [0.15, 0.2) is 36.4 Å². The highest BCUT2D eigenvalue weighted by molar-refractivity contribution is 14.1. The van der Waals surface area contributed by atoms with Gasteiger partial charge in [0, 0.05) is 19.5 Å². The minimum Gasteiger partial charge on any atom is -0.228 e. The number of hydrogen-bond acceptors (Lipinski definition) is 2. The van der Waals surface area contributed by atoms with Gasteiger partial charge in [0.2, 0.25) is 0 Å². The molecule has 2 nitrogen and oxygen atoms in total. The van der Waals surface area contributed by atoms with Gasteiger partial charge in [-0.3, -0.25) is 0 Å². The maximum atomic E-state index is 6.28. The van der Waals surface area contributed by atoms with Crippen molar-refractivity contribution in [2.45, 2.75) is 6.92 Å². The predicted molar refractivity (Wildman–Crippen MR) is 92.4 cm³/mol. The number of halogens is 3. The summed E-state index contributed by atoms with van der Waals surface area (Å²) in [5, 5.41) is 1.99. The summed E-state index contributed by atoms with van der Waals surface area (Å²) in [7, 11) is 0. The molecule has 20 heavy (non-hydrogen) atoms. The zero-order chi connectivity index (χ0) is 14.3. The lowest BCUT2D eigenvalue weighted by Gasteiger charge is -2.06. The van der Waals surface area contributed by atoms with E-state index in [0.29, 0.717) is 16.0 Å². The van der Waals surface area contributed by atoms with Gasteiger partial charge in [0.25, 0.3) is 0 Å². The summed E-state index contributed by atoms with van der Waals surface area (Å²) in [6, 6.07) is 11.7. The van der Waals surface area contributed by atoms with Gasteiger partial charge >= 0.3 is 0 Å². The van der Waals surface area contributed by atoms with Crippen molar-refractivity contribution in [3.05, 3.63) is 55.7 Å². The lowest BCUT2D eigenvalue weighted by molar-refractivity contribution is 1.22. The van der Waals surface area contributed by atoms with E-state index in [1.807, 2.05) is 43.3 Å². The molecule has 0 spiro atoms. The van der Waals surface area contributed by atoms with E-state index >= 15 is 0 Å². The van der Waals surface area contributed by atoms with Crippen molar-refractivity contribution in [2.24, 2.45) is 0 Å². The molecular weight excluding hydrogens is 406 g/mol. The Hall–Kier alpha value is -0.910. The van der Waals surface area contributed by atoms with E-state index in [9.17, 15) is 0 Å². The number of aromatic nitrogens is 2. The third-order valence-corrected chi connectivity index (χ3v) is 4.09. The van der Waals surface area contributed by atoms with Gasteiger partial charge in [0.05, 0.1) is 5.52 Å². The van der Waals surface area contributed by atoms with Crippen molar-refractivity contribution in [1.29, 1.82) is 0 Å². The molecule has 0 saturated carbocycles. The zero-order valence-electron chi connectivity index (χ0n) is 10.5. The SMILES string of the molecule is Cc1cc(Cl)cc(-c2nc(Cl)c3cc(I)ccc3n2)c1. The van der Waals surface area contributed by atoms with Crippen LogP contribution in [0.3, 0.4) is 0 Å². The summed E-state index contributed by atoms with van der Waals surface area (Å²) < 4.78 is 1.10. The fourth-order valence-electron chi connectivity index (χ4n) is 2.06. The number of rotatable bonds is 1. The first-order chi connectivity index (χ1) is 9.52. The molecule has 1 heterocycles. The normalized spacial score (nSPS) is 11.0. The van der Waals surface area contributed by atoms with E-state index in [2.05, 4.69) is 32.6 Å². The topological polar surface area (TPSA) is 25.8 Å². The second-order valence-electron chi connectivity index (χ2n) is 4.52. The molecular formula is C15H9Cl2IN2. The van der Waals surface area contributed by atoms with Crippen LogP contribution in [0, 0.1) is 10.5 Å². The summed E-state index contributed by atoms with van der Waals surface area (Å²) in [6.07, 6.45) is 0. The summed E-state index contributed by atoms with van der Waals surface area (Å²) >= 11 is 14.6. The molecule has 0 aliphatic heterocycles. The van der Waals surface area contributed by atoms with Gasteiger partial charge < -0.3 is 0 Å². The molecule has 0 bridgehead atoms. The van der Waals surface area contributed by atoms with Crippen LogP contribution in [-0.2, 0) is 0 Å². The predicted octanol–water partition coefficient (Wildman–Crippen LogP) is 5.52. The van der Waals surface area contributed by atoms with Gasteiger partial charge in [-0.25, -0.2) is 9.97 Å². The Bertz CT molecular complexity index is 798. The standard InChI is InChI=1S/C15H9Cl2IN2/c1-8-4-9(6-10(16)5-8)15-19-13-3-2-11(18)7-12(13)14(17)20-15/h2-7H,1H3. The van der Waals surface area contributed by atoms with Crippen LogP contribution in [0.5, 0.6) is 0 Å². The number of benzene rings is 2. The molecule has 100 valence electrons. The van der Waals surface area contributed by atoms with E-state index < -0.39 is 0 Å². The van der Waals surface area contributed by atoms with E-state index in [4.69, 9.17) is 23.2 Å². The molecule has 0 atom stereocenters. The molecule has 3 aromatic rings. The molecule has 0 radical (unpaired) electrons. The first-order valence-corrected chi connectivity index (χ1v) is 7.77. The minimum atomic E-state index is 0.459. The smallest absolute Gasteiger partial charge is 0.161 e. The molecule has 0 fully saturated rings. The van der Waals surface area contributed by atoms with Crippen molar-refractivity contribution in [2.75, 3.05) is 0 Å². The number of nitrogens with zero attached hydrogens (tertiary/aromatic N) is 2. The summed E-state index contributed by atoms with van der Waals surface area (Å²) in [6.45, 7) is 1.99. The van der Waals surface area contributed by atoms with Gasteiger partial charge in [-0.05, 0) is 71.5 Å². The Morgan fingerprint density at radius 2 is 1.80 bits per heavy atom. The Morgan fingerprint density at radius 1 is 1.00 bits per heavy atom.